The molecule has 3 rings (SSSR count). The van der Waals surface area contributed by atoms with Gasteiger partial charge in [-0.3, -0.25) is 4.79 Å². The van der Waals surface area contributed by atoms with Gasteiger partial charge in [-0.2, -0.15) is 5.10 Å². The lowest BCUT2D eigenvalue weighted by atomic mass is 10.1. The average molecular weight is 393 g/mol. The lowest BCUT2D eigenvalue weighted by molar-refractivity contribution is -0.120. The first-order chi connectivity index (χ1) is 13.6. The molecular weight excluding hydrogens is 376 g/mol. The van der Waals surface area contributed by atoms with E-state index >= 15 is 0 Å². The van der Waals surface area contributed by atoms with Crippen LogP contribution in [0, 0.1) is 0 Å². The van der Waals surface area contributed by atoms with E-state index < -0.39 is 5.97 Å². The maximum absolute atomic E-state index is 12.2. The maximum atomic E-state index is 12.2. The Kier molecular flexibility index (Phi) is 6.54. The first-order valence-electron chi connectivity index (χ1n) is 8.54. The highest BCUT2D eigenvalue weighted by atomic mass is 35.5. The Balaban J connectivity index is 1.56. The second kappa shape index (κ2) is 9.48. The third kappa shape index (κ3) is 5.79. The second-order valence-corrected chi connectivity index (χ2v) is 6.36. The highest BCUT2D eigenvalue weighted by Crippen LogP contribution is 2.16. The van der Waals surface area contributed by atoms with E-state index in [-0.39, 0.29) is 12.3 Å². The largest absolute Gasteiger partial charge is 0.423 e. The zero-order chi connectivity index (χ0) is 19.8. The molecule has 3 aromatic carbocycles. The van der Waals surface area contributed by atoms with Crippen LogP contribution in [0.1, 0.15) is 21.5 Å². The van der Waals surface area contributed by atoms with E-state index in [1.54, 1.807) is 48.5 Å². The Morgan fingerprint density at radius 1 is 0.964 bits per heavy atom. The summed E-state index contributed by atoms with van der Waals surface area (Å²) in [6, 6.07) is 22.7. The Hall–Kier alpha value is -3.44. The van der Waals surface area contributed by atoms with Gasteiger partial charge in [0.25, 0.3) is 0 Å². The summed E-state index contributed by atoms with van der Waals surface area (Å²) in [7, 11) is 0. The number of hydrogen-bond donors (Lipinski definition) is 1. The molecule has 0 aliphatic rings. The van der Waals surface area contributed by atoms with Gasteiger partial charge in [0.1, 0.15) is 5.75 Å². The zero-order valence-electron chi connectivity index (χ0n) is 14.8. The molecule has 6 heteroatoms. The van der Waals surface area contributed by atoms with Gasteiger partial charge in [-0.05, 0) is 47.5 Å². The highest BCUT2D eigenvalue weighted by Gasteiger charge is 2.08. The van der Waals surface area contributed by atoms with Crippen molar-refractivity contribution in [1.29, 1.82) is 0 Å². The van der Waals surface area contributed by atoms with Gasteiger partial charge in [0, 0.05) is 5.02 Å². The molecule has 0 saturated carbocycles. The van der Waals surface area contributed by atoms with Crippen LogP contribution in [0.15, 0.2) is 84.0 Å². The van der Waals surface area contributed by atoms with Crippen molar-refractivity contribution in [2.75, 3.05) is 0 Å². The maximum Gasteiger partial charge on any atom is 0.343 e. The number of amides is 1. The van der Waals surface area contributed by atoms with Crippen LogP contribution >= 0.6 is 11.6 Å². The number of ether oxygens (including phenoxy) is 1. The van der Waals surface area contributed by atoms with Crippen molar-refractivity contribution in [1.82, 2.24) is 5.43 Å². The molecule has 0 radical (unpaired) electrons. The molecule has 0 spiro atoms. The molecule has 5 nitrogen and oxygen atoms in total. The number of rotatable bonds is 6. The third-order valence-electron chi connectivity index (χ3n) is 3.76. The van der Waals surface area contributed by atoms with Gasteiger partial charge in [-0.15, -0.1) is 0 Å². The van der Waals surface area contributed by atoms with Crippen molar-refractivity contribution in [2.45, 2.75) is 6.42 Å². The number of hydrogen-bond acceptors (Lipinski definition) is 4. The average Bonchev–Trinajstić information content (AvgIpc) is 2.69. The van der Waals surface area contributed by atoms with E-state index in [2.05, 4.69) is 10.5 Å². The van der Waals surface area contributed by atoms with Gasteiger partial charge in [0.2, 0.25) is 5.91 Å². The number of nitrogens with zero attached hydrogens (tertiary/aromatic N) is 1. The minimum absolute atomic E-state index is 0.215. The van der Waals surface area contributed by atoms with E-state index in [0.29, 0.717) is 21.9 Å². The first-order valence-corrected chi connectivity index (χ1v) is 8.91. The van der Waals surface area contributed by atoms with Crippen molar-refractivity contribution >= 4 is 29.7 Å². The quantitative estimate of drug-likeness (QED) is 0.295. The summed E-state index contributed by atoms with van der Waals surface area (Å²) in [6.45, 7) is 0. The molecule has 1 amide bonds. The van der Waals surface area contributed by atoms with Crippen LogP contribution < -0.4 is 10.2 Å². The van der Waals surface area contributed by atoms with Crippen molar-refractivity contribution in [3.63, 3.8) is 0 Å². The number of hydrazone groups is 1. The summed E-state index contributed by atoms with van der Waals surface area (Å²) in [5.74, 6) is -0.325. The minimum atomic E-state index is -0.484. The number of nitrogens with one attached hydrogen (secondary N) is 1. The number of carbonyl (C=O) groups is 2. The van der Waals surface area contributed by atoms with Crippen LogP contribution in [-0.2, 0) is 11.2 Å². The molecule has 0 heterocycles. The molecule has 0 aliphatic heterocycles. The van der Waals surface area contributed by atoms with E-state index in [1.807, 2.05) is 30.3 Å². The predicted molar refractivity (Wildman–Crippen MR) is 109 cm³/mol. The highest BCUT2D eigenvalue weighted by molar-refractivity contribution is 6.30. The molecule has 3 aromatic rings. The minimum Gasteiger partial charge on any atom is -0.423 e. The molecule has 0 saturated heterocycles. The van der Waals surface area contributed by atoms with Crippen LogP contribution in [0.3, 0.4) is 0 Å². The topological polar surface area (TPSA) is 67.8 Å². The Bertz CT molecular complexity index is 986. The lowest BCUT2D eigenvalue weighted by Gasteiger charge is -2.05. The number of benzene rings is 3. The van der Waals surface area contributed by atoms with Crippen LogP contribution in [0.5, 0.6) is 5.75 Å². The summed E-state index contributed by atoms with van der Waals surface area (Å²) in [5, 5.41) is 4.49. The monoisotopic (exact) mass is 392 g/mol. The zero-order valence-corrected chi connectivity index (χ0v) is 15.6. The summed E-state index contributed by atoms with van der Waals surface area (Å²) < 4.78 is 5.36. The molecule has 0 aliphatic carbocycles. The van der Waals surface area contributed by atoms with Crippen molar-refractivity contribution < 1.29 is 14.3 Å². The molecule has 1 N–H and O–H groups in total. The fourth-order valence-corrected chi connectivity index (χ4v) is 2.54. The molecule has 0 aromatic heterocycles. The summed E-state index contributed by atoms with van der Waals surface area (Å²) in [4.78, 5) is 24.0. The first kappa shape index (κ1) is 19.3. The molecule has 0 fully saturated rings. The van der Waals surface area contributed by atoms with Gasteiger partial charge in [-0.1, -0.05) is 54.1 Å². The van der Waals surface area contributed by atoms with Crippen LogP contribution in [0.25, 0.3) is 0 Å². The smallest absolute Gasteiger partial charge is 0.343 e. The van der Waals surface area contributed by atoms with Gasteiger partial charge in [0.05, 0.1) is 18.2 Å². The molecule has 28 heavy (non-hydrogen) atoms. The van der Waals surface area contributed by atoms with Gasteiger partial charge >= 0.3 is 5.97 Å². The van der Waals surface area contributed by atoms with Crippen LogP contribution in [-0.4, -0.2) is 18.1 Å². The van der Waals surface area contributed by atoms with Gasteiger partial charge < -0.3 is 4.74 Å². The Morgan fingerprint density at radius 3 is 2.46 bits per heavy atom. The third-order valence-corrected chi connectivity index (χ3v) is 4.01. The second-order valence-electron chi connectivity index (χ2n) is 5.92. The lowest BCUT2D eigenvalue weighted by Crippen LogP contribution is -2.19. The molecular formula is C22H17ClN2O3. The van der Waals surface area contributed by atoms with Crippen molar-refractivity contribution in [2.24, 2.45) is 5.10 Å². The Morgan fingerprint density at radius 2 is 1.71 bits per heavy atom. The van der Waals surface area contributed by atoms with Crippen molar-refractivity contribution in [3.8, 4) is 5.75 Å². The fourth-order valence-electron chi connectivity index (χ4n) is 2.41. The van der Waals surface area contributed by atoms with E-state index in [0.717, 1.165) is 5.56 Å². The van der Waals surface area contributed by atoms with E-state index in [9.17, 15) is 9.59 Å². The molecule has 0 atom stereocenters. The predicted octanol–water partition coefficient (Wildman–Crippen LogP) is 4.25. The van der Waals surface area contributed by atoms with Crippen molar-refractivity contribution in [3.05, 3.63) is 101 Å². The normalized spacial score (nSPS) is 10.6. The number of halogens is 1. The Labute approximate surface area is 167 Å². The number of carbonyl (C=O) groups excluding carboxylic acids is 2. The summed E-state index contributed by atoms with van der Waals surface area (Å²) in [5.41, 5.74) is 4.47. The summed E-state index contributed by atoms with van der Waals surface area (Å²) >= 11 is 5.82. The standard InChI is InChI=1S/C22H17ClN2O3/c23-19-11-9-18(10-12-19)22(27)28-20-8-4-7-17(13-20)15-24-25-21(26)14-16-5-2-1-3-6-16/h1-13,15H,14H2,(H,25,26)/b24-15-. The molecule has 0 unspecified atom stereocenters. The van der Waals surface area contributed by atoms with E-state index in [1.165, 1.54) is 6.21 Å². The van der Waals surface area contributed by atoms with Crippen LogP contribution in [0.4, 0.5) is 0 Å². The van der Waals surface area contributed by atoms with Crippen LogP contribution in [0.2, 0.25) is 5.02 Å². The van der Waals surface area contributed by atoms with Gasteiger partial charge in [0.15, 0.2) is 0 Å². The molecule has 140 valence electrons. The van der Waals surface area contributed by atoms with Gasteiger partial charge in [-0.25, -0.2) is 10.2 Å². The number of esters is 1. The summed E-state index contributed by atoms with van der Waals surface area (Å²) in [6.07, 6.45) is 1.74. The van der Waals surface area contributed by atoms with E-state index in [4.69, 9.17) is 16.3 Å². The fraction of sp³-hybridized carbons (Fsp3) is 0.0455. The molecule has 0 bridgehead atoms. The SMILES string of the molecule is O=C(Cc1ccccc1)N/N=C\c1cccc(OC(=O)c2ccc(Cl)cc2)c1.